The average Bonchev–Trinajstić information content (AvgIpc) is 3.02. The normalized spacial score (nSPS) is 15.7. The lowest BCUT2D eigenvalue weighted by molar-refractivity contribution is 0.0965. The van der Waals surface area contributed by atoms with Crippen LogP contribution in [0.15, 0.2) is 28.7 Å². The Morgan fingerprint density at radius 3 is 2.71 bits per heavy atom. The molecule has 1 saturated heterocycles. The van der Waals surface area contributed by atoms with Gasteiger partial charge in [0.1, 0.15) is 5.82 Å². The molecule has 0 N–H and O–H groups in total. The molecule has 0 aromatic carbocycles. The van der Waals surface area contributed by atoms with Crippen LogP contribution < -0.4 is 4.90 Å². The Labute approximate surface area is 151 Å². The molecule has 0 bridgehead atoms. The van der Waals surface area contributed by atoms with Crippen molar-refractivity contribution in [1.29, 1.82) is 0 Å². The molecule has 0 atom stereocenters. The minimum atomic E-state index is 0.220. The zero-order chi connectivity index (χ0) is 16.9. The molecular formula is C17H22N4OS2. The zero-order valence-electron chi connectivity index (χ0n) is 14.1. The van der Waals surface area contributed by atoms with Crippen molar-refractivity contribution in [2.24, 2.45) is 0 Å². The monoisotopic (exact) mass is 362 g/mol. The fourth-order valence-electron chi connectivity index (χ4n) is 2.83. The third-order valence-electron chi connectivity index (χ3n) is 4.21. The summed E-state index contributed by atoms with van der Waals surface area (Å²) in [5.74, 6) is 1.26. The van der Waals surface area contributed by atoms with Crippen LogP contribution in [0.5, 0.6) is 0 Å². The summed E-state index contributed by atoms with van der Waals surface area (Å²) in [6, 6.07) is 6.01. The first-order valence-electron chi connectivity index (χ1n) is 8.10. The van der Waals surface area contributed by atoms with Crippen molar-refractivity contribution < 1.29 is 4.79 Å². The van der Waals surface area contributed by atoms with E-state index in [-0.39, 0.29) is 5.78 Å². The molecule has 1 fully saturated rings. The van der Waals surface area contributed by atoms with Crippen molar-refractivity contribution in [1.82, 2.24) is 14.9 Å². The standard InChI is InChI=1S/C17H22N4OS2/c1-13-16(24-17(19-13)23-2)14(22)6-8-20-9-11-21(12-10-20)15-5-3-4-7-18-15/h3-5,7H,6,8-12H2,1-2H3. The van der Waals surface area contributed by atoms with Gasteiger partial charge in [-0.2, -0.15) is 0 Å². The molecule has 3 heterocycles. The van der Waals surface area contributed by atoms with Gasteiger partial charge in [-0.1, -0.05) is 17.8 Å². The Kier molecular flexibility index (Phi) is 5.86. The van der Waals surface area contributed by atoms with E-state index in [0.29, 0.717) is 6.42 Å². The van der Waals surface area contributed by atoms with Crippen molar-refractivity contribution >= 4 is 34.7 Å². The first-order chi connectivity index (χ1) is 11.7. The topological polar surface area (TPSA) is 49.3 Å². The molecule has 2 aromatic rings. The van der Waals surface area contributed by atoms with Crippen LogP contribution in [-0.2, 0) is 0 Å². The predicted molar refractivity (Wildman–Crippen MR) is 100 cm³/mol. The number of ketones is 1. The number of carbonyl (C=O) groups is 1. The zero-order valence-corrected chi connectivity index (χ0v) is 15.7. The Hall–Kier alpha value is -1.44. The SMILES string of the molecule is CSc1nc(C)c(C(=O)CCN2CCN(c3ccccn3)CC2)s1. The summed E-state index contributed by atoms with van der Waals surface area (Å²) in [6.45, 7) is 6.61. The number of aryl methyl sites for hydroxylation is 1. The van der Waals surface area contributed by atoms with E-state index >= 15 is 0 Å². The van der Waals surface area contributed by atoms with Gasteiger partial charge in [0.05, 0.1) is 10.6 Å². The minimum absolute atomic E-state index is 0.220. The van der Waals surface area contributed by atoms with Gasteiger partial charge in [-0.3, -0.25) is 9.69 Å². The highest BCUT2D eigenvalue weighted by atomic mass is 32.2. The van der Waals surface area contributed by atoms with Crippen LogP contribution in [0.25, 0.3) is 0 Å². The highest BCUT2D eigenvalue weighted by molar-refractivity contribution is 8.00. The third-order valence-corrected chi connectivity index (χ3v) is 6.39. The van der Waals surface area contributed by atoms with Crippen molar-refractivity contribution in [3.8, 4) is 0 Å². The predicted octanol–water partition coefficient (Wildman–Crippen LogP) is 2.96. The van der Waals surface area contributed by atoms with Gasteiger partial charge in [-0.15, -0.1) is 11.3 Å². The molecule has 7 heteroatoms. The molecule has 0 saturated carbocycles. The first kappa shape index (κ1) is 17.4. The molecule has 24 heavy (non-hydrogen) atoms. The number of nitrogens with zero attached hydrogens (tertiary/aromatic N) is 4. The minimum Gasteiger partial charge on any atom is -0.354 e. The number of piperazine rings is 1. The molecule has 3 rings (SSSR count). The molecule has 0 unspecified atom stereocenters. The van der Waals surface area contributed by atoms with E-state index in [1.807, 2.05) is 31.5 Å². The maximum absolute atomic E-state index is 12.4. The smallest absolute Gasteiger partial charge is 0.176 e. The summed E-state index contributed by atoms with van der Waals surface area (Å²) in [4.78, 5) is 26.8. The van der Waals surface area contributed by atoms with E-state index in [9.17, 15) is 4.79 Å². The molecule has 0 spiro atoms. The van der Waals surface area contributed by atoms with Gasteiger partial charge in [-0.05, 0) is 25.3 Å². The van der Waals surface area contributed by atoms with Gasteiger partial charge in [0.25, 0.3) is 0 Å². The number of carbonyl (C=O) groups excluding carboxylic acids is 1. The van der Waals surface area contributed by atoms with Gasteiger partial charge >= 0.3 is 0 Å². The second-order valence-corrected chi connectivity index (χ2v) is 7.84. The van der Waals surface area contributed by atoms with Crippen LogP contribution in [0.4, 0.5) is 5.82 Å². The number of thiazole rings is 1. The van der Waals surface area contributed by atoms with Crippen LogP contribution in [0, 0.1) is 6.92 Å². The number of hydrogen-bond acceptors (Lipinski definition) is 7. The van der Waals surface area contributed by atoms with E-state index < -0.39 is 0 Å². The molecule has 5 nitrogen and oxygen atoms in total. The number of pyridine rings is 1. The van der Waals surface area contributed by atoms with E-state index in [2.05, 4.69) is 25.8 Å². The number of thioether (sulfide) groups is 1. The van der Waals surface area contributed by atoms with Crippen LogP contribution >= 0.6 is 23.1 Å². The fraction of sp³-hybridized carbons (Fsp3) is 0.471. The Bertz CT molecular complexity index is 681. The van der Waals surface area contributed by atoms with Crippen LogP contribution in [-0.4, -0.2) is 59.6 Å². The lowest BCUT2D eigenvalue weighted by Gasteiger charge is -2.35. The van der Waals surface area contributed by atoms with Gasteiger partial charge < -0.3 is 4.90 Å². The third kappa shape index (κ3) is 4.15. The number of hydrogen-bond donors (Lipinski definition) is 0. The summed E-state index contributed by atoms with van der Waals surface area (Å²) in [7, 11) is 0. The van der Waals surface area contributed by atoms with Gasteiger partial charge in [-0.25, -0.2) is 9.97 Å². The molecule has 2 aromatic heterocycles. The molecule has 0 amide bonds. The highest BCUT2D eigenvalue weighted by Gasteiger charge is 2.20. The molecule has 0 radical (unpaired) electrons. The highest BCUT2D eigenvalue weighted by Crippen LogP contribution is 2.26. The maximum Gasteiger partial charge on any atom is 0.176 e. The Balaban J connectivity index is 1.48. The van der Waals surface area contributed by atoms with Crippen LogP contribution in [0.1, 0.15) is 21.8 Å². The molecular weight excluding hydrogens is 340 g/mol. The number of anilines is 1. The van der Waals surface area contributed by atoms with Gasteiger partial charge in [0.2, 0.25) is 0 Å². The maximum atomic E-state index is 12.4. The van der Waals surface area contributed by atoms with E-state index in [4.69, 9.17) is 0 Å². The van der Waals surface area contributed by atoms with Crippen molar-refractivity contribution in [2.45, 2.75) is 17.7 Å². The molecule has 1 aliphatic rings. The number of aromatic nitrogens is 2. The summed E-state index contributed by atoms with van der Waals surface area (Å²) >= 11 is 3.12. The summed E-state index contributed by atoms with van der Waals surface area (Å²) in [5.41, 5.74) is 0.870. The largest absolute Gasteiger partial charge is 0.354 e. The second-order valence-electron chi connectivity index (χ2n) is 5.79. The van der Waals surface area contributed by atoms with Crippen LogP contribution in [0.2, 0.25) is 0 Å². The van der Waals surface area contributed by atoms with Gasteiger partial charge in [0, 0.05) is 45.3 Å². The van der Waals surface area contributed by atoms with E-state index in [1.54, 1.807) is 11.8 Å². The first-order valence-corrected chi connectivity index (χ1v) is 10.1. The Morgan fingerprint density at radius 2 is 2.08 bits per heavy atom. The fourth-order valence-corrected chi connectivity index (χ4v) is 4.41. The second kappa shape index (κ2) is 8.09. The van der Waals surface area contributed by atoms with Crippen molar-refractivity contribution in [3.05, 3.63) is 35.0 Å². The van der Waals surface area contributed by atoms with E-state index in [0.717, 1.165) is 53.5 Å². The van der Waals surface area contributed by atoms with Crippen molar-refractivity contribution in [3.63, 3.8) is 0 Å². The van der Waals surface area contributed by atoms with E-state index in [1.165, 1.54) is 11.3 Å². The molecule has 128 valence electrons. The molecule has 0 aliphatic carbocycles. The van der Waals surface area contributed by atoms with Crippen LogP contribution in [0.3, 0.4) is 0 Å². The number of Topliss-reactive ketones (excluding diaryl/α,β-unsaturated/α-hetero) is 1. The quantitative estimate of drug-likeness (QED) is 0.582. The Morgan fingerprint density at radius 1 is 1.29 bits per heavy atom. The summed E-state index contributed by atoms with van der Waals surface area (Å²) in [6.07, 6.45) is 4.40. The average molecular weight is 363 g/mol. The number of rotatable bonds is 6. The summed E-state index contributed by atoms with van der Waals surface area (Å²) in [5, 5.41) is 0. The lowest BCUT2D eigenvalue weighted by Crippen LogP contribution is -2.47. The summed E-state index contributed by atoms with van der Waals surface area (Å²) < 4.78 is 0.972. The lowest BCUT2D eigenvalue weighted by atomic mass is 10.2. The molecule has 1 aliphatic heterocycles. The van der Waals surface area contributed by atoms with Gasteiger partial charge in [0.15, 0.2) is 10.1 Å². The van der Waals surface area contributed by atoms with Crippen molar-refractivity contribution in [2.75, 3.05) is 43.9 Å².